The van der Waals surface area contributed by atoms with Crippen molar-refractivity contribution in [1.82, 2.24) is 0 Å². The van der Waals surface area contributed by atoms with Gasteiger partial charge in [0.25, 0.3) is 0 Å². The first kappa shape index (κ1) is 19.3. The van der Waals surface area contributed by atoms with Crippen LogP contribution in [0.2, 0.25) is 0 Å². The van der Waals surface area contributed by atoms with Gasteiger partial charge in [-0.2, -0.15) is 11.8 Å². The number of thioether (sulfide) groups is 1. The van der Waals surface area contributed by atoms with Gasteiger partial charge in [-0.15, -0.1) is 0 Å². The molecule has 0 saturated carbocycles. The van der Waals surface area contributed by atoms with Crippen LogP contribution in [0.4, 0.5) is 5.69 Å². The van der Waals surface area contributed by atoms with Gasteiger partial charge < -0.3 is 10.1 Å². The summed E-state index contributed by atoms with van der Waals surface area (Å²) in [6.07, 6.45) is 0.384. The summed E-state index contributed by atoms with van der Waals surface area (Å²) in [4.78, 5) is 0. The maximum atomic E-state index is 4.75. The molecule has 0 aliphatic carbocycles. The molecule has 0 heterocycles. The highest BCUT2D eigenvalue weighted by Crippen LogP contribution is 2.18. The molecule has 0 fully saturated rings. The third-order valence-electron chi connectivity index (χ3n) is 2.46. The number of anilines is 1. The van der Waals surface area contributed by atoms with Crippen molar-refractivity contribution >= 4 is 17.4 Å². The van der Waals surface area contributed by atoms with Gasteiger partial charge in [0, 0.05) is 24.6 Å². The minimum absolute atomic E-state index is 0.384. The van der Waals surface area contributed by atoms with Crippen LogP contribution < -0.4 is 5.32 Å². The molecule has 0 aromatic heterocycles. The molecule has 1 N–H and O–H groups in total. The fraction of sp³-hybridized carbons (Fsp3) is 0.647. The lowest BCUT2D eigenvalue weighted by Crippen LogP contribution is -2.09. The second-order valence-corrected chi connectivity index (χ2v) is 7.20. The molecule has 0 spiro atoms. The van der Waals surface area contributed by atoms with Crippen molar-refractivity contribution in [2.24, 2.45) is 0 Å². The number of hydrogen-bond acceptors (Lipinski definition) is 3. The van der Waals surface area contributed by atoms with E-state index in [1.54, 1.807) is 7.11 Å². The summed E-state index contributed by atoms with van der Waals surface area (Å²) in [7, 11) is 1.70. The molecule has 0 bridgehead atoms. The van der Waals surface area contributed by atoms with Crippen LogP contribution in [0, 0.1) is 0 Å². The molecule has 116 valence electrons. The Balaban J connectivity index is 0.000000621. The van der Waals surface area contributed by atoms with Crippen molar-refractivity contribution in [3.63, 3.8) is 0 Å². The summed E-state index contributed by atoms with van der Waals surface area (Å²) < 4.78 is 4.75. The molecule has 1 aromatic rings. The first-order valence-electron chi connectivity index (χ1n) is 7.35. The predicted octanol–water partition coefficient (Wildman–Crippen LogP) is 5.19. The Bertz CT molecular complexity index is 333. The van der Waals surface area contributed by atoms with Crippen LogP contribution >= 0.6 is 11.8 Å². The van der Waals surface area contributed by atoms with E-state index in [2.05, 4.69) is 57.3 Å². The maximum Gasteiger partial charge on any atom is 0.0515 e. The number of hydrogen-bond donors (Lipinski definition) is 1. The Hall–Kier alpha value is -0.670. The zero-order chi connectivity index (χ0) is 15.5. The van der Waals surface area contributed by atoms with E-state index in [9.17, 15) is 0 Å². The number of ether oxygens (including phenoxy) is 1. The van der Waals surface area contributed by atoms with Gasteiger partial charge in [0.05, 0.1) is 6.10 Å². The zero-order valence-electron chi connectivity index (χ0n) is 14.1. The highest BCUT2D eigenvalue weighted by Gasteiger charge is 1.98. The van der Waals surface area contributed by atoms with E-state index < -0.39 is 0 Å². The summed E-state index contributed by atoms with van der Waals surface area (Å²) in [5.74, 6) is 1.11. The van der Waals surface area contributed by atoms with E-state index in [-0.39, 0.29) is 0 Å². The van der Waals surface area contributed by atoms with E-state index in [1.807, 2.05) is 25.6 Å². The Morgan fingerprint density at radius 3 is 1.85 bits per heavy atom. The fourth-order valence-electron chi connectivity index (χ4n) is 1.29. The van der Waals surface area contributed by atoms with Gasteiger partial charge >= 0.3 is 0 Å². The summed E-state index contributed by atoms with van der Waals surface area (Å²) in [5, 5.41) is 4.10. The molecule has 0 aliphatic rings. The smallest absolute Gasteiger partial charge is 0.0515 e. The average Bonchev–Trinajstić information content (AvgIpc) is 2.38. The molecular formula is C17H31NOS. The van der Waals surface area contributed by atoms with Crippen LogP contribution in [0.15, 0.2) is 24.3 Å². The van der Waals surface area contributed by atoms with Crippen molar-refractivity contribution < 1.29 is 4.74 Å². The summed E-state index contributed by atoms with van der Waals surface area (Å²) in [5.41, 5.74) is 2.62. The SMILES string of the molecule is CC(C)Nc1ccc(CSC(C)C)cc1.COC(C)C. The Morgan fingerprint density at radius 2 is 1.50 bits per heavy atom. The zero-order valence-corrected chi connectivity index (χ0v) is 14.9. The number of nitrogens with one attached hydrogen (secondary N) is 1. The average molecular weight is 298 g/mol. The van der Waals surface area contributed by atoms with E-state index in [0.717, 1.165) is 5.75 Å². The largest absolute Gasteiger partial charge is 0.383 e. The maximum absolute atomic E-state index is 4.75. The summed E-state index contributed by atoms with van der Waals surface area (Å²) in [6, 6.07) is 9.24. The number of methoxy groups -OCH3 is 1. The topological polar surface area (TPSA) is 21.3 Å². The van der Waals surface area contributed by atoms with Crippen molar-refractivity contribution in [1.29, 1.82) is 0 Å². The van der Waals surface area contributed by atoms with Crippen LogP contribution in [-0.2, 0) is 10.5 Å². The first-order valence-corrected chi connectivity index (χ1v) is 8.39. The standard InChI is InChI=1S/C13H21NS.C4H10O/c1-10(2)14-13-7-5-12(6-8-13)9-15-11(3)4;1-4(2)5-3/h5-8,10-11,14H,9H2,1-4H3;4H,1-3H3. The van der Waals surface area contributed by atoms with Gasteiger partial charge in [0.2, 0.25) is 0 Å². The molecule has 0 unspecified atom stereocenters. The van der Waals surface area contributed by atoms with Crippen LogP contribution in [0.3, 0.4) is 0 Å². The minimum atomic E-state index is 0.384. The van der Waals surface area contributed by atoms with E-state index >= 15 is 0 Å². The molecule has 0 amide bonds. The molecule has 0 saturated heterocycles. The van der Waals surface area contributed by atoms with Gasteiger partial charge in [-0.3, -0.25) is 0 Å². The third-order valence-corrected chi connectivity index (χ3v) is 3.63. The Morgan fingerprint density at radius 1 is 1.00 bits per heavy atom. The number of benzene rings is 1. The van der Waals surface area contributed by atoms with Gasteiger partial charge in [0.15, 0.2) is 0 Å². The van der Waals surface area contributed by atoms with Gasteiger partial charge in [0.1, 0.15) is 0 Å². The van der Waals surface area contributed by atoms with Crippen LogP contribution in [0.1, 0.15) is 47.1 Å². The highest BCUT2D eigenvalue weighted by atomic mass is 32.2. The number of rotatable bonds is 6. The Kier molecular flexibility index (Phi) is 10.7. The molecule has 0 aliphatic heterocycles. The second kappa shape index (κ2) is 11.0. The summed E-state index contributed by atoms with van der Waals surface area (Å²) >= 11 is 1.98. The van der Waals surface area contributed by atoms with Crippen LogP contribution in [0.25, 0.3) is 0 Å². The van der Waals surface area contributed by atoms with Crippen molar-refractivity contribution in [2.75, 3.05) is 12.4 Å². The lowest BCUT2D eigenvalue weighted by Gasteiger charge is -2.10. The van der Waals surface area contributed by atoms with Gasteiger partial charge in [-0.05, 0) is 50.6 Å². The molecule has 1 aromatic carbocycles. The second-order valence-electron chi connectivity index (χ2n) is 5.64. The van der Waals surface area contributed by atoms with E-state index in [4.69, 9.17) is 4.74 Å². The quantitative estimate of drug-likeness (QED) is 0.780. The van der Waals surface area contributed by atoms with Gasteiger partial charge in [-0.1, -0.05) is 26.0 Å². The molecule has 3 heteroatoms. The van der Waals surface area contributed by atoms with Crippen molar-refractivity contribution in [2.45, 2.75) is 64.7 Å². The monoisotopic (exact) mass is 297 g/mol. The van der Waals surface area contributed by atoms with Crippen molar-refractivity contribution in [3.8, 4) is 0 Å². The van der Waals surface area contributed by atoms with Crippen LogP contribution in [0.5, 0.6) is 0 Å². The first-order chi connectivity index (χ1) is 9.35. The lowest BCUT2D eigenvalue weighted by atomic mass is 10.2. The Labute approximate surface area is 129 Å². The van der Waals surface area contributed by atoms with Crippen molar-refractivity contribution in [3.05, 3.63) is 29.8 Å². The summed E-state index contributed by atoms with van der Waals surface area (Å²) in [6.45, 7) is 12.8. The minimum Gasteiger partial charge on any atom is -0.383 e. The molecule has 0 radical (unpaired) electrons. The molecule has 0 atom stereocenters. The molecule has 2 nitrogen and oxygen atoms in total. The fourth-order valence-corrected chi connectivity index (χ4v) is 2.01. The van der Waals surface area contributed by atoms with E-state index in [0.29, 0.717) is 17.4 Å². The van der Waals surface area contributed by atoms with E-state index in [1.165, 1.54) is 11.3 Å². The molecule has 20 heavy (non-hydrogen) atoms. The van der Waals surface area contributed by atoms with Crippen LogP contribution in [-0.4, -0.2) is 24.5 Å². The molecular weight excluding hydrogens is 266 g/mol. The van der Waals surface area contributed by atoms with Gasteiger partial charge in [-0.25, -0.2) is 0 Å². The predicted molar refractivity (Wildman–Crippen MR) is 93.8 cm³/mol. The normalized spacial score (nSPS) is 10.7. The highest BCUT2D eigenvalue weighted by molar-refractivity contribution is 7.99. The molecule has 1 rings (SSSR count). The lowest BCUT2D eigenvalue weighted by molar-refractivity contribution is 0.134. The third kappa shape index (κ3) is 11.2.